The van der Waals surface area contributed by atoms with E-state index in [4.69, 9.17) is 21.1 Å². The molecule has 84 valence electrons. The number of nitrogens with one attached hydrogen (secondary N) is 1. The highest BCUT2D eigenvalue weighted by molar-refractivity contribution is 6.28. The second kappa shape index (κ2) is 6.36. The molecule has 15 heavy (non-hydrogen) atoms. The number of nitrogens with zero attached hydrogens (tertiary/aromatic N) is 3. The molecule has 1 rings (SSSR count). The number of hydrogen-bond acceptors (Lipinski definition) is 6. The molecule has 0 fully saturated rings. The average Bonchev–Trinajstić information content (AvgIpc) is 2.23. The van der Waals surface area contributed by atoms with Crippen molar-refractivity contribution in [2.75, 3.05) is 32.7 Å². The fourth-order valence-electron chi connectivity index (χ4n) is 0.919. The Morgan fingerprint density at radius 2 is 2.07 bits per heavy atom. The maximum absolute atomic E-state index is 5.66. The number of ether oxygens (including phenoxy) is 2. The molecule has 0 saturated heterocycles. The van der Waals surface area contributed by atoms with Gasteiger partial charge in [-0.25, -0.2) is 0 Å². The van der Waals surface area contributed by atoms with Crippen LogP contribution in [0.1, 0.15) is 6.42 Å². The van der Waals surface area contributed by atoms with Gasteiger partial charge in [0, 0.05) is 20.3 Å². The van der Waals surface area contributed by atoms with Crippen molar-refractivity contribution in [1.29, 1.82) is 0 Å². The molecule has 1 aromatic heterocycles. The van der Waals surface area contributed by atoms with Gasteiger partial charge in [-0.2, -0.15) is 15.0 Å². The first-order valence-electron chi connectivity index (χ1n) is 4.44. The van der Waals surface area contributed by atoms with Crippen molar-refractivity contribution in [1.82, 2.24) is 15.0 Å². The van der Waals surface area contributed by atoms with Gasteiger partial charge in [-0.05, 0) is 18.0 Å². The monoisotopic (exact) mass is 232 g/mol. The van der Waals surface area contributed by atoms with Gasteiger partial charge in [0.1, 0.15) is 0 Å². The van der Waals surface area contributed by atoms with Crippen molar-refractivity contribution < 1.29 is 9.47 Å². The molecule has 0 radical (unpaired) electrons. The maximum Gasteiger partial charge on any atom is 0.322 e. The Bertz CT molecular complexity index is 311. The first-order valence-corrected chi connectivity index (χ1v) is 4.82. The van der Waals surface area contributed by atoms with Crippen LogP contribution in [0.15, 0.2) is 0 Å². The summed E-state index contributed by atoms with van der Waals surface area (Å²) in [6, 6.07) is 0.198. The highest BCUT2D eigenvalue weighted by Gasteiger charge is 2.03. The van der Waals surface area contributed by atoms with E-state index in [0.717, 1.165) is 6.42 Å². The second-order valence-corrected chi connectivity index (χ2v) is 3.03. The van der Waals surface area contributed by atoms with Crippen LogP contribution in [-0.2, 0) is 4.74 Å². The number of aromatic nitrogens is 3. The van der Waals surface area contributed by atoms with E-state index in [1.807, 2.05) is 0 Å². The van der Waals surface area contributed by atoms with Crippen molar-refractivity contribution in [2.45, 2.75) is 6.42 Å². The van der Waals surface area contributed by atoms with E-state index in [0.29, 0.717) is 19.1 Å². The van der Waals surface area contributed by atoms with Crippen LogP contribution in [0.25, 0.3) is 0 Å². The molecule has 0 aromatic carbocycles. The molecular formula is C8H13ClN4O2. The van der Waals surface area contributed by atoms with Crippen LogP contribution in [-0.4, -0.2) is 42.3 Å². The molecule has 1 N–H and O–H groups in total. The molecule has 0 saturated carbocycles. The van der Waals surface area contributed by atoms with Crippen LogP contribution in [0.2, 0.25) is 5.28 Å². The van der Waals surface area contributed by atoms with Gasteiger partial charge in [0.25, 0.3) is 0 Å². The Balaban J connectivity index is 2.49. The predicted octanol–water partition coefficient (Wildman–Crippen LogP) is 0.982. The third kappa shape index (κ3) is 4.26. The lowest BCUT2D eigenvalue weighted by atomic mass is 10.4. The van der Waals surface area contributed by atoms with Crippen molar-refractivity contribution in [2.24, 2.45) is 0 Å². The van der Waals surface area contributed by atoms with Crippen LogP contribution in [0.5, 0.6) is 6.01 Å². The van der Waals surface area contributed by atoms with E-state index in [-0.39, 0.29) is 11.3 Å². The number of rotatable bonds is 6. The minimum atomic E-state index is 0.107. The molecule has 0 bridgehead atoms. The van der Waals surface area contributed by atoms with Gasteiger partial charge >= 0.3 is 6.01 Å². The summed E-state index contributed by atoms with van der Waals surface area (Å²) in [5, 5.41) is 3.10. The lowest BCUT2D eigenvalue weighted by Crippen LogP contribution is -2.09. The fourth-order valence-corrected chi connectivity index (χ4v) is 1.07. The number of hydrogen-bond donors (Lipinski definition) is 1. The van der Waals surface area contributed by atoms with Crippen molar-refractivity contribution >= 4 is 17.5 Å². The van der Waals surface area contributed by atoms with Crippen molar-refractivity contribution in [3.8, 4) is 6.01 Å². The Hall–Kier alpha value is -1.14. The molecule has 6 nitrogen and oxygen atoms in total. The Labute approximate surface area is 93.0 Å². The van der Waals surface area contributed by atoms with Crippen LogP contribution < -0.4 is 10.1 Å². The van der Waals surface area contributed by atoms with Crippen LogP contribution in [0.3, 0.4) is 0 Å². The molecule has 0 aliphatic carbocycles. The molecule has 0 aliphatic heterocycles. The molecule has 7 heteroatoms. The molecule has 1 aromatic rings. The third-order valence-corrected chi connectivity index (χ3v) is 1.75. The molecule has 0 spiro atoms. The summed E-state index contributed by atoms with van der Waals surface area (Å²) in [6.45, 7) is 1.39. The molecule has 1 heterocycles. The summed E-state index contributed by atoms with van der Waals surface area (Å²) in [7, 11) is 3.13. The highest BCUT2D eigenvalue weighted by atomic mass is 35.5. The zero-order chi connectivity index (χ0) is 11.1. The van der Waals surface area contributed by atoms with E-state index >= 15 is 0 Å². The largest absolute Gasteiger partial charge is 0.467 e. The molecule has 0 amide bonds. The fraction of sp³-hybridized carbons (Fsp3) is 0.625. The molecule has 0 aliphatic rings. The number of anilines is 1. The van der Waals surface area contributed by atoms with Gasteiger partial charge in [0.05, 0.1) is 7.11 Å². The van der Waals surface area contributed by atoms with E-state index < -0.39 is 0 Å². The second-order valence-electron chi connectivity index (χ2n) is 2.69. The zero-order valence-corrected chi connectivity index (χ0v) is 9.41. The minimum absolute atomic E-state index is 0.107. The van der Waals surface area contributed by atoms with Gasteiger partial charge < -0.3 is 14.8 Å². The number of halogens is 1. The summed E-state index contributed by atoms with van der Waals surface area (Å²) in [5.74, 6) is 0.406. The summed E-state index contributed by atoms with van der Waals surface area (Å²) in [4.78, 5) is 11.6. The van der Waals surface area contributed by atoms with Gasteiger partial charge in [-0.15, -0.1) is 0 Å². The van der Waals surface area contributed by atoms with E-state index in [1.54, 1.807) is 7.11 Å². The number of methoxy groups -OCH3 is 2. The maximum atomic E-state index is 5.66. The molecule has 0 unspecified atom stereocenters. The first-order chi connectivity index (χ1) is 7.26. The third-order valence-electron chi connectivity index (χ3n) is 1.58. The Kier molecular flexibility index (Phi) is 5.06. The quantitative estimate of drug-likeness (QED) is 0.738. The lowest BCUT2D eigenvalue weighted by molar-refractivity contribution is 0.197. The zero-order valence-electron chi connectivity index (χ0n) is 8.66. The van der Waals surface area contributed by atoms with Crippen molar-refractivity contribution in [3.63, 3.8) is 0 Å². The predicted molar refractivity (Wildman–Crippen MR) is 56.4 cm³/mol. The topological polar surface area (TPSA) is 69.2 Å². The van der Waals surface area contributed by atoms with Crippen molar-refractivity contribution in [3.05, 3.63) is 5.28 Å². The normalized spacial score (nSPS) is 10.1. The summed E-state index contributed by atoms with van der Waals surface area (Å²) in [5.41, 5.74) is 0. The lowest BCUT2D eigenvalue weighted by Gasteiger charge is -2.05. The van der Waals surface area contributed by atoms with Gasteiger partial charge in [-0.3, -0.25) is 0 Å². The SMILES string of the molecule is COCCCNc1nc(Cl)nc(OC)n1. The van der Waals surface area contributed by atoms with Gasteiger partial charge in [-0.1, -0.05) is 0 Å². The summed E-state index contributed by atoms with van der Waals surface area (Å²) >= 11 is 5.66. The van der Waals surface area contributed by atoms with Crippen LogP contribution in [0, 0.1) is 0 Å². The molecular weight excluding hydrogens is 220 g/mol. The van der Waals surface area contributed by atoms with Gasteiger partial charge in [0.2, 0.25) is 11.2 Å². The average molecular weight is 233 g/mol. The molecule has 0 atom stereocenters. The minimum Gasteiger partial charge on any atom is -0.467 e. The van der Waals surface area contributed by atoms with Crippen LogP contribution >= 0.6 is 11.6 Å². The van der Waals surface area contributed by atoms with E-state index in [9.17, 15) is 0 Å². The smallest absolute Gasteiger partial charge is 0.322 e. The van der Waals surface area contributed by atoms with Crippen LogP contribution in [0.4, 0.5) is 5.95 Å². The Morgan fingerprint density at radius 3 is 2.73 bits per heavy atom. The summed E-state index contributed by atoms with van der Waals surface area (Å²) in [6.07, 6.45) is 0.863. The summed E-state index contributed by atoms with van der Waals surface area (Å²) < 4.78 is 9.76. The Morgan fingerprint density at radius 1 is 1.27 bits per heavy atom. The standard InChI is InChI=1S/C8H13ClN4O2/c1-14-5-3-4-10-7-11-6(9)12-8(13-7)15-2/h3-5H2,1-2H3,(H,10,11,12,13). The first kappa shape index (κ1) is 11.9. The van der Waals surface area contributed by atoms with Gasteiger partial charge in [0.15, 0.2) is 0 Å². The van der Waals surface area contributed by atoms with E-state index in [2.05, 4.69) is 20.3 Å². The van der Waals surface area contributed by atoms with E-state index in [1.165, 1.54) is 7.11 Å². The highest BCUT2D eigenvalue weighted by Crippen LogP contribution is 2.10.